The number of fused-ring (bicyclic) bond motifs is 1. The van der Waals surface area contributed by atoms with E-state index in [2.05, 4.69) is 43.5 Å². The number of amides is 1. The van der Waals surface area contributed by atoms with Crippen LogP contribution in [0.25, 0.3) is 5.78 Å². The van der Waals surface area contributed by atoms with Crippen LogP contribution in [0.4, 0.5) is 5.69 Å². The van der Waals surface area contributed by atoms with Crippen LogP contribution in [0, 0.1) is 20.8 Å². The summed E-state index contributed by atoms with van der Waals surface area (Å²) in [7, 11) is 0. The third-order valence-corrected chi connectivity index (χ3v) is 7.12. The highest BCUT2D eigenvalue weighted by Gasteiger charge is 2.17. The third-order valence-electron chi connectivity index (χ3n) is 5.64. The zero-order chi connectivity index (χ0) is 22.0. The number of carbonyl (C=O) groups excluding carboxylic acids is 1. The van der Waals surface area contributed by atoms with Crippen molar-refractivity contribution in [3.8, 4) is 0 Å². The Labute approximate surface area is 191 Å². The van der Waals surface area contributed by atoms with Crippen LogP contribution in [0.2, 0.25) is 0 Å². The Balaban J connectivity index is 1.50. The number of thioether (sulfide) groups is 2. The molecule has 1 amide bonds. The Bertz CT molecular complexity index is 1110. The van der Waals surface area contributed by atoms with Crippen molar-refractivity contribution in [2.24, 2.45) is 0 Å². The molecule has 31 heavy (non-hydrogen) atoms. The average Bonchev–Trinajstić information content (AvgIpc) is 3.17. The van der Waals surface area contributed by atoms with Gasteiger partial charge in [0.05, 0.1) is 6.42 Å². The van der Waals surface area contributed by atoms with Gasteiger partial charge in [-0.15, -0.1) is 5.10 Å². The Morgan fingerprint density at radius 1 is 1.19 bits per heavy atom. The van der Waals surface area contributed by atoms with E-state index in [0.29, 0.717) is 10.9 Å². The fraction of sp³-hybridized carbons (Fsp3) is 0.455. The maximum absolute atomic E-state index is 12.9. The van der Waals surface area contributed by atoms with Crippen molar-refractivity contribution >= 4 is 40.9 Å². The lowest BCUT2D eigenvalue weighted by Crippen LogP contribution is -2.32. The van der Waals surface area contributed by atoms with Gasteiger partial charge in [-0.3, -0.25) is 9.69 Å². The van der Waals surface area contributed by atoms with Crippen LogP contribution in [0.1, 0.15) is 28.1 Å². The van der Waals surface area contributed by atoms with Crippen molar-refractivity contribution in [2.45, 2.75) is 38.9 Å². The van der Waals surface area contributed by atoms with Crippen LogP contribution in [-0.2, 0) is 17.8 Å². The second-order valence-corrected chi connectivity index (χ2v) is 9.83. The number of nitrogens with one attached hydrogen (secondary N) is 1. The Morgan fingerprint density at radius 2 is 1.97 bits per heavy atom. The van der Waals surface area contributed by atoms with Crippen LogP contribution in [-0.4, -0.2) is 61.2 Å². The van der Waals surface area contributed by atoms with Gasteiger partial charge in [-0.1, -0.05) is 23.9 Å². The number of hydrogen-bond donors (Lipinski definition) is 1. The number of rotatable bonds is 6. The molecular formula is C22H28N6OS2. The highest BCUT2D eigenvalue weighted by atomic mass is 32.2. The molecule has 1 aliphatic heterocycles. The molecule has 2 aromatic heterocycles. The van der Waals surface area contributed by atoms with Crippen molar-refractivity contribution in [1.29, 1.82) is 0 Å². The van der Waals surface area contributed by atoms with E-state index < -0.39 is 0 Å². The summed E-state index contributed by atoms with van der Waals surface area (Å²) in [6, 6.07) is 6.36. The van der Waals surface area contributed by atoms with Crippen LogP contribution >= 0.6 is 23.5 Å². The van der Waals surface area contributed by atoms with Gasteiger partial charge in [-0.25, -0.2) is 9.50 Å². The molecule has 1 saturated heterocycles. The first-order valence-electron chi connectivity index (χ1n) is 10.4. The fourth-order valence-corrected chi connectivity index (χ4v) is 5.12. The van der Waals surface area contributed by atoms with Gasteiger partial charge in [-0.2, -0.15) is 16.7 Å². The molecule has 0 atom stereocenters. The normalized spacial score (nSPS) is 14.8. The minimum absolute atomic E-state index is 0.0489. The van der Waals surface area contributed by atoms with E-state index in [9.17, 15) is 4.79 Å². The van der Waals surface area contributed by atoms with Crippen LogP contribution < -0.4 is 5.32 Å². The second kappa shape index (κ2) is 9.58. The maximum atomic E-state index is 12.9. The predicted octanol–water partition coefficient (Wildman–Crippen LogP) is 3.50. The van der Waals surface area contributed by atoms with Gasteiger partial charge in [0.2, 0.25) is 11.1 Å². The van der Waals surface area contributed by atoms with E-state index in [0.717, 1.165) is 47.8 Å². The average molecular weight is 457 g/mol. The first kappa shape index (κ1) is 22.1. The molecule has 0 bridgehead atoms. The molecule has 1 fully saturated rings. The summed E-state index contributed by atoms with van der Waals surface area (Å²) in [6.07, 6.45) is 2.19. The summed E-state index contributed by atoms with van der Waals surface area (Å²) < 4.78 is 1.73. The van der Waals surface area contributed by atoms with Crippen molar-refractivity contribution in [1.82, 2.24) is 24.5 Å². The number of hydrogen-bond acceptors (Lipinski definition) is 7. The number of carbonyl (C=O) groups is 1. The van der Waals surface area contributed by atoms with E-state index in [-0.39, 0.29) is 12.3 Å². The van der Waals surface area contributed by atoms with Crippen molar-refractivity contribution in [2.75, 3.05) is 36.2 Å². The first-order chi connectivity index (χ1) is 14.9. The third kappa shape index (κ3) is 5.05. The molecule has 0 radical (unpaired) electrons. The van der Waals surface area contributed by atoms with Gasteiger partial charge >= 0.3 is 0 Å². The fourth-order valence-electron chi connectivity index (χ4n) is 3.81. The number of nitrogens with zero attached hydrogens (tertiary/aromatic N) is 5. The van der Waals surface area contributed by atoms with E-state index in [1.807, 2.05) is 38.8 Å². The van der Waals surface area contributed by atoms with Gasteiger partial charge in [0, 0.05) is 53.8 Å². The zero-order valence-corrected chi connectivity index (χ0v) is 20.1. The molecule has 1 aromatic carbocycles. The van der Waals surface area contributed by atoms with Gasteiger partial charge in [0.15, 0.2) is 0 Å². The number of aryl methyl sites for hydroxylation is 3. The molecule has 9 heteroatoms. The summed E-state index contributed by atoms with van der Waals surface area (Å²) >= 11 is 3.49. The van der Waals surface area contributed by atoms with Crippen molar-refractivity contribution in [3.05, 3.63) is 46.3 Å². The Hall–Kier alpha value is -2.10. The van der Waals surface area contributed by atoms with E-state index in [1.165, 1.54) is 28.8 Å². The lowest BCUT2D eigenvalue weighted by Gasteiger charge is -2.26. The number of aromatic nitrogens is 4. The largest absolute Gasteiger partial charge is 0.326 e. The smallest absolute Gasteiger partial charge is 0.253 e. The zero-order valence-electron chi connectivity index (χ0n) is 18.4. The van der Waals surface area contributed by atoms with Gasteiger partial charge in [0.25, 0.3) is 5.78 Å². The first-order valence-corrected chi connectivity index (χ1v) is 12.8. The second-order valence-electron chi connectivity index (χ2n) is 7.83. The maximum Gasteiger partial charge on any atom is 0.253 e. The lowest BCUT2D eigenvalue weighted by atomic mass is 10.1. The summed E-state index contributed by atoms with van der Waals surface area (Å²) in [5.41, 5.74) is 5.78. The van der Waals surface area contributed by atoms with E-state index in [4.69, 9.17) is 0 Å². The summed E-state index contributed by atoms with van der Waals surface area (Å²) in [4.78, 5) is 24.4. The standard InChI is InChI=1S/C22H28N6OS2/c1-14-5-6-17(13-27-7-9-31-10-8-27)11-19(14)24-20(29)12-18-15(2)23-21-25-22(30-4)26-28(21)16(18)3/h5-6,11H,7-10,12-13H2,1-4H3,(H,24,29). The van der Waals surface area contributed by atoms with Crippen molar-refractivity contribution < 1.29 is 4.79 Å². The minimum Gasteiger partial charge on any atom is -0.326 e. The van der Waals surface area contributed by atoms with Crippen LogP contribution in [0.5, 0.6) is 0 Å². The topological polar surface area (TPSA) is 75.4 Å². The monoisotopic (exact) mass is 456 g/mol. The SMILES string of the molecule is CSc1nc2nc(C)c(CC(=O)Nc3cc(CN4CCSCC4)ccc3C)c(C)n2n1. The molecule has 1 aliphatic rings. The van der Waals surface area contributed by atoms with Gasteiger partial charge in [0.1, 0.15) is 0 Å². The minimum atomic E-state index is -0.0489. The highest BCUT2D eigenvalue weighted by molar-refractivity contribution is 7.99. The Kier molecular flexibility index (Phi) is 6.83. The highest BCUT2D eigenvalue weighted by Crippen LogP contribution is 2.21. The number of anilines is 1. The van der Waals surface area contributed by atoms with Gasteiger partial charge < -0.3 is 5.32 Å². The molecular weight excluding hydrogens is 428 g/mol. The summed E-state index contributed by atoms with van der Waals surface area (Å²) in [5, 5.41) is 8.27. The van der Waals surface area contributed by atoms with Gasteiger partial charge in [-0.05, 0) is 44.2 Å². The van der Waals surface area contributed by atoms with Crippen LogP contribution in [0.3, 0.4) is 0 Å². The van der Waals surface area contributed by atoms with Crippen molar-refractivity contribution in [3.63, 3.8) is 0 Å². The summed E-state index contributed by atoms with van der Waals surface area (Å²) in [6.45, 7) is 9.08. The molecule has 164 valence electrons. The molecule has 3 heterocycles. The molecule has 4 rings (SSSR count). The summed E-state index contributed by atoms with van der Waals surface area (Å²) in [5.74, 6) is 2.91. The predicted molar refractivity (Wildman–Crippen MR) is 128 cm³/mol. The quantitative estimate of drug-likeness (QED) is 0.569. The molecule has 3 aromatic rings. The van der Waals surface area contributed by atoms with Crippen LogP contribution in [0.15, 0.2) is 23.4 Å². The Morgan fingerprint density at radius 3 is 2.71 bits per heavy atom. The number of benzene rings is 1. The van der Waals surface area contributed by atoms with E-state index in [1.54, 1.807) is 4.52 Å². The molecule has 0 spiro atoms. The molecule has 0 saturated carbocycles. The lowest BCUT2D eigenvalue weighted by molar-refractivity contribution is -0.115. The molecule has 7 nitrogen and oxygen atoms in total. The molecule has 0 aliphatic carbocycles. The molecule has 0 unspecified atom stereocenters. The molecule has 1 N–H and O–H groups in total. The van der Waals surface area contributed by atoms with E-state index >= 15 is 0 Å².